The molecule has 19 heavy (non-hydrogen) atoms. The highest BCUT2D eigenvalue weighted by molar-refractivity contribution is 14.1. The molecule has 3 N–H and O–H groups in total. The van der Waals surface area contributed by atoms with Crippen molar-refractivity contribution in [3.05, 3.63) is 51.6 Å². The Morgan fingerprint density at radius 3 is 2.53 bits per heavy atom. The summed E-state index contributed by atoms with van der Waals surface area (Å²) in [7, 11) is 1.58. The molecule has 0 radical (unpaired) electrons. The number of hydrogen-bond acceptors (Lipinski definition) is 3. The topological polar surface area (TPSA) is 64.4 Å². The van der Waals surface area contributed by atoms with Crippen molar-refractivity contribution in [2.75, 3.05) is 12.8 Å². The molecule has 2 aromatic carbocycles. The van der Waals surface area contributed by atoms with Crippen molar-refractivity contribution >= 4 is 34.2 Å². The lowest BCUT2D eigenvalue weighted by atomic mass is 10.1. The molecule has 0 aliphatic rings. The van der Waals surface area contributed by atoms with E-state index in [1.54, 1.807) is 25.2 Å². The number of nitrogen functional groups attached to an aromatic ring is 1. The first-order chi connectivity index (χ1) is 9.10. The van der Waals surface area contributed by atoms with Crippen molar-refractivity contribution < 1.29 is 9.53 Å². The zero-order valence-electron chi connectivity index (χ0n) is 10.3. The van der Waals surface area contributed by atoms with Crippen LogP contribution in [0.1, 0.15) is 10.4 Å². The molecule has 98 valence electrons. The van der Waals surface area contributed by atoms with Crippen LogP contribution in [0.5, 0.6) is 11.5 Å². The minimum atomic E-state index is -0.208. The molecule has 0 atom stereocenters. The van der Waals surface area contributed by atoms with Gasteiger partial charge in [0.15, 0.2) is 0 Å². The molecule has 2 aromatic rings. The van der Waals surface area contributed by atoms with E-state index >= 15 is 0 Å². The van der Waals surface area contributed by atoms with Crippen molar-refractivity contribution in [3.8, 4) is 11.5 Å². The second kappa shape index (κ2) is 5.92. The number of rotatable bonds is 3. The molecule has 0 heterocycles. The van der Waals surface area contributed by atoms with Crippen LogP contribution in [-0.2, 0) is 0 Å². The molecule has 5 heteroatoms. The van der Waals surface area contributed by atoms with E-state index in [-0.39, 0.29) is 5.91 Å². The summed E-state index contributed by atoms with van der Waals surface area (Å²) >= 11 is 2.22. The van der Waals surface area contributed by atoms with E-state index in [9.17, 15) is 4.79 Å². The van der Waals surface area contributed by atoms with Crippen LogP contribution in [0.25, 0.3) is 0 Å². The minimum Gasteiger partial charge on any atom is -0.456 e. The fourth-order valence-corrected chi connectivity index (χ4v) is 1.93. The number of amides is 1. The molecule has 2 rings (SSSR count). The summed E-state index contributed by atoms with van der Waals surface area (Å²) in [5, 5.41) is 2.58. The molecule has 0 fully saturated rings. The highest BCUT2D eigenvalue weighted by atomic mass is 127. The third-order valence-electron chi connectivity index (χ3n) is 2.52. The van der Waals surface area contributed by atoms with Crippen LogP contribution in [0.4, 0.5) is 5.69 Å². The first-order valence-corrected chi connectivity index (χ1v) is 6.73. The third kappa shape index (κ3) is 3.37. The Morgan fingerprint density at radius 2 is 1.89 bits per heavy atom. The van der Waals surface area contributed by atoms with E-state index in [0.717, 1.165) is 3.57 Å². The van der Waals surface area contributed by atoms with Crippen molar-refractivity contribution in [1.29, 1.82) is 0 Å². The second-order valence-electron chi connectivity index (χ2n) is 3.89. The summed E-state index contributed by atoms with van der Waals surface area (Å²) in [6.45, 7) is 0. The van der Waals surface area contributed by atoms with E-state index in [4.69, 9.17) is 10.5 Å². The van der Waals surface area contributed by atoms with Gasteiger partial charge in [0, 0.05) is 22.4 Å². The lowest BCUT2D eigenvalue weighted by molar-refractivity contribution is 0.0961. The zero-order valence-corrected chi connectivity index (χ0v) is 12.5. The number of carbonyl (C=O) groups excluding carboxylic acids is 1. The lowest BCUT2D eigenvalue weighted by Gasteiger charge is -2.11. The summed E-state index contributed by atoms with van der Waals surface area (Å²) < 4.78 is 6.84. The van der Waals surface area contributed by atoms with E-state index in [0.29, 0.717) is 22.7 Å². The lowest BCUT2D eigenvalue weighted by Crippen LogP contribution is -2.18. The van der Waals surface area contributed by atoms with Crippen molar-refractivity contribution in [2.45, 2.75) is 0 Å². The molecule has 1 amide bonds. The van der Waals surface area contributed by atoms with Gasteiger partial charge in [-0.25, -0.2) is 0 Å². The number of nitrogens with two attached hydrogens (primary N) is 1. The number of hydrogen-bond donors (Lipinski definition) is 2. The van der Waals surface area contributed by atoms with E-state index in [2.05, 4.69) is 27.9 Å². The second-order valence-corrected chi connectivity index (χ2v) is 5.14. The molecule has 0 unspecified atom stereocenters. The summed E-state index contributed by atoms with van der Waals surface area (Å²) in [6, 6.07) is 12.5. The molecule has 0 saturated carbocycles. The van der Waals surface area contributed by atoms with Crippen molar-refractivity contribution in [2.24, 2.45) is 0 Å². The average Bonchev–Trinajstić information content (AvgIpc) is 2.41. The third-order valence-corrected chi connectivity index (χ3v) is 3.24. The molecule has 0 bridgehead atoms. The molecule has 0 aliphatic heterocycles. The average molecular weight is 368 g/mol. The largest absolute Gasteiger partial charge is 0.456 e. The molecule has 0 spiro atoms. The Bertz CT molecular complexity index is 597. The van der Waals surface area contributed by atoms with E-state index in [1.807, 2.05) is 24.3 Å². The highest BCUT2D eigenvalue weighted by Gasteiger charge is 2.12. The quantitative estimate of drug-likeness (QED) is 0.647. The van der Waals surface area contributed by atoms with Crippen molar-refractivity contribution in [1.82, 2.24) is 5.32 Å². The number of anilines is 1. The Hall–Kier alpha value is -1.76. The maximum Gasteiger partial charge on any atom is 0.254 e. The number of benzene rings is 2. The fraction of sp³-hybridized carbons (Fsp3) is 0.0714. The summed E-state index contributed by atoms with van der Waals surface area (Å²) in [4.78, 5) is 11.8. The van der Waals surface area contributed by atoms with Gasteiger partial charge in [0.25, 0.3) is 5.91 Å². The van der Waals surface area contributed by atoms with Crippen molar-refractivity contribution in [3.63, 3.8) is 0 Å². The normalized spacial score (nSPS) is 10.0. The highest BCUT2D eigenvalue weighted by Crippen LogP contribution is 2.28. The molecule has 0 aliphatic carbocycles. The van der Waals surface area contributed by atoms with Gasteiger partial charge >= 0.3 is 0 Å². The van der Waals surface area contributed by atoms with Gasteiger partial charge in [-0.1, -0.05) is 0 Å². The van der Waals surface area contributed by atoms with Crippen LogP contribution >= 0.6 is 22.6 Å². The first kappa shape index (κ1) is 13.7. The number of carbonyl (C=O) groups is 1. The van der Waals surface area contributed by atoms with Crippen LogP contribution in [0, 0.1) is 3.57 Å². The maximum atomic E-state index is 11.8. The molecule has 0 saturated heterocycles. The van der Waals surface area contributed by atoms with Crippen LogP contribution in [0.15, 0.2) is 42.5 Å². The van der Waals surface area contributed by atoms with Crippen LogP contribution < -0.4 is 15.8 Å². The number of nitrogens with one attached hydrogen (secondary N) is 1. The summed E-state index contributed by atoms with van der Waals surface area (Å²) in [5.41, 5.74) is 6.74. The molecular weight excluding hydrogens is 355 g/mol. The van der Waals surface area contributed by atoms with Gasteiger partial charge in [-0.05, 0) is 59.0 Å². The fourth-order valence-electron chi connectivity index (χ4n) is 1.58. The van der Waals surface area contributed by atoms with E-state index < -0.39 is 0 Å². The molecule has 4 nitrogen and oxygen atoms in total. The Labute approximate surface area is 125 Å². The smallest absolute Gasteiger partial charge is 0.254 e. The van der Waals surface area contributed by atoms with Gasteiger partial charge in [-0.2, -0.15) is 0 Å². The molecule has 0 aromatic heterocycles. The monoisotopic (exact) mass is 368 g/mol. The SMILES string of the molecule is CNC(=O)c1ccc(N)cc1Oc1ccc(I)cc1. The van der Waals surface area contributed by atoms with Crippen LogP contribution in [-0.4, -0.2) is 13.0 Å². The standard InChI is InChI=1S/C14H13IN2O2/c1-17-14(18)12-7-4-10(16)8-13(12)19-11-5-2-9(15)3-6-11/h2-8H,16H2,1H3,(H,17,18). The molecular formula is C14H13IN2O2. The summed E-state index contributed by atoms with van der Waals surface area (Å²) in [5.74, 6) is 0.900. The van der Waals surface area contributed by atoms with Gasteiger partial charge in [0.1, 0.15) is 11.5 Å². The minimum absolute atomic E-state index is 0.208. The summed E-state index contributed by atoms with van der Waals surface area (Å²) in [6.07, 6.45) is 0. The van der Waals surface area contributed by atoms with Gasteiger partial charge in [-0.15, -0.1) is 0 Å². The predicted molar refractivity (Wildman–Crippen MR) is 83.5 cm³/mol. The van der Waals surface area contributed by atoms with Gasteiger partial charge < -0.3 is 15.8 Å². The number of halogens is 1. The Balaban J connectivity index is 2.35. The maximum absolute atomic E-state index is 11.8. The Morgan fingerprint density at radius 1 is 1.21 bits per heavy atom. The Kier molecular flexibility index (Phi) is 4.26. The number of ether oxygens (including phenoxy) is 1. The van der Waals surface area contributed by atoms with Gasteiger partial charge in [-0.3, -0.25) is 4.79 Å². The van der Waals surface area contributed by atoms with E-state index in [1.165, 1.54) is 0 Å². The predicted octanol–water partition coefficient (Wildman–Crippen LogP) is 3.03. The van der Waals surface area contributed by atoms with Crippen LogP contribution in [0.2, 0.25) is 0 Å². The van der Waals surface area contributed by atoms with Crippen LogP contribution in [0.3, 0.4) is 0 Å². The zero-order chi connectivity index (χ0) is 13.8. The van der Waals surface area contributed by atoms with Gasteiger partial charge in [0.05, 0.1) is 5.56 Å². The first-order valence-electron chi connectivity index (χ1n) is 5.65. The van der Waals surface area contributed by atoms with Gasteiger partial charge in [0.2, 0.25) is 0 Å².